The molecule has 2 aromatic rings. The molecule has 84 valence electrons. The fourth-order valence-corrected chi connectivity index (χ4v) is 2.34. The first-order chi connectivity index (χ1) is 7.68. The number of benzene rings is 1. The third kappa shape index (κ3) is 1.63. The Morgan fingerprint density at radius 3 is 2.75 bits per heavy atom. The van der Waals surface area contributed by atoms with E-state index in [-0.39, 0.29) is 5.60 Å². The Balaban J connectivity index is 1.88. The summed E-state index contributed by atoms with van der Waals surface area (Å²) in [5.74, 6) is 0. The highest BCUT2D eigenvalue weighted by atomic mass is 16.3. The van der Waals surface area contributed by atoms with E-state index in [1.54, 1.807) is 0 Å². The minimum atomic E-state index is -0.337. The van der Waals surface area contributed by atoms with Crippen molar-refractivity contribution in [1.29, 1.82) is 0 Å². The van der Waals surface area contributed by atoms with Crippen LogP contribution in [0.1, 0.15) is 25.0 Å². The van der Waals surface area contributed by atoms with E-state index < -0.39 is 0 Å². The summed E-state index contributed by atoms with van der Waals surface area (Å²) in [5.41, 5.74) is 2.26. The van der Waals surface area contributed by atoms with E-state index in [2.05, 4.69) is 41.9 Å². The molecule has 1 aromatic carbocycles. The van der Waals surface area contributed by atoms with Crippen molar-refractivity contribution in [2.75, 3.05) is 0 Å². The summed E-state index contributed by atoms with van der Waals surface area (Å²) in [4.78, 5) is 0. The molecule has 0 radical (unpaired) electrons. The average molecular weight is 215 g/mol. The van der Waals surface area contributed by atoms with Gasteiger partial charge in [0.15, 0.2) is 0 Å². The van der Waals surface area contributed by atoms with Crippen LogP contribution in [0, 0.1) is 0 Å². The van der Waals surface area contributed by atoms with Gasteiger partial charge in [-0.05, 0) is 43.2 Å². The van der Waals surface area contributed by atoms with Crippen LogP contribution in [0.5, 0.6) is 0 Å². The van der Waals surface area contributed by atoms with E-state index >= 15 is 0 Å². The van der Waals surface area contributed by atoms with Crippen LogP contribution in [-0.2, 0) is 13.5 Å². The highest BCUT2D eigenvalue weighted by Crippen LogP contribution is 2.39. The number of hydrogen-bond acceptors (Lipinski definition) is 1. The van der Waals surface area contributed by atoms with Gasteiger partial charge in [0.1, 0.15) is 0 Å². The van der Waals surface area contributed by atoms with Gasteiger partial charge in [-0.3, -0.25) is 0 Å². The molecule has 0 bridgehead atoms. The van der Waals surface area contributed by atoms with Gasteiger partial charge in [-0.25, -0.2) is 0 Å². The minimum absolute atomic E-state index is 0.337. The second-order valence-corrected chi connectivity index (χ2v) is 4.98. The van der Waals surface area contributed by atoms with E-state index in [1.165, 1.54) is 16.6 Å². The van der Waals surface area contributed by atoms with Crippen LogP contribution in [0.4, 0.5) is 0 Å². The molecule has 1 fully saturated rings. The van der Waals surface area contributed by atoms with Gasteiger partial charge in [-0.2, -0.15) is 0 Å². The van der Waals surface area contributed by atoms with Crippen LogP contribution < -0.4 is 0 Å². The van der Waals surface area contributed by atoms with Gasteiger partial charge >= 0.3 is 0 Å². The number of hydrogen-bond donors (Lipinski definition) is 1. The lowest BCUT2D eigenvalue weighted by Gasteiger charge is -2.08. The molecule has 0 saturated heterocycles. The molecule has 2 heteroatoms. The van der Waals surface area contributed by atoms with Crippen LogP contribution in [0.3, 0.4) is 0 Å². The predicted octanol–water partition coefficient (Wildman–Crippen LogP) is 2.64. The zero-order chi connectivity index (χ0) is 11.2. The van der Waals surface area contributed by atoms with Gasteiger partial charge < -0.3 is 9.67 Å². The van der Waals surface area contributed by atoms with Gasteiger partial charge in [0.05, 0.1) is 5.60 Å². The molecule has 0 unspecified atom stereocenters. The Hall–Kier alpha value is -1.28. The Morgan fingerprint density at radius 1 is 1.31 bits per heavy atom. The average Bonchev–Trinajstić information content (AvgIpc) is 2.94. The molecule has 1 heterocycles. The molecular weight excluding hydrogens is 198 g/mol. The summed E-state index contributed by atoms with van der Waals surface area (Å²) in [7, 11) is 2.11. The van der Waals surface area contributed by atoms with E-state index in [4.69, 9.17) is 0 Å². The van der Waals surface area contributed by atoms with Crippen LogP contribution in [0.2, 0.25) is 0 Å². The Bertz CT molecular complexity index is 523. The van der Waals surface area contributed by atoms with E-state index in [1.807, 2.05) is 0 Å². The summed E-state index contributed by atoms with van der Waals surface area (Å²) in [5, 5.41) is 11.1. The van der Waals surface area contributed by atoms with E-state index in [0.29, 0.717) is 0 Å². The number of aromatic nitrogens is 1. The number of rotatable bonds is 3. The molecule has 0 amide bonds. The third-order valence-electron chi connectivity index (χ3n) is 3.72. The number of aliphatic hydroxyl groups is 1. The standard InChI is InChI=1S/C14H17NO/c1-15-12(6-7-14(16)8-9-14)10-11-4-2-3-5-13(11)15/h2-5,10,16H,6-9H2,1H3. The van der Waals surface area contributed by atoms with Crippen molar-refractivity contribution in [3.8, 4) is 0 Å². The largest absolute Gasteiger partial charge is 0.390 e. The summed E-state index contributed by atoms with van der Waals surface area (Å²) in [6, 6.07) is 10.7. The Morgan fingerprint density at radius 2 is 2.06 bits per heavy atom. The van der Waals surface area contributed by atoms with Gasteiger partial charge in [0.2, 0.25) is 0 Å². The second-order valence-electron chi connectivity index (χ2n) is 4.98. The lowest BCUT2D eigenvalue weighted by molar-refractivity contribution is 0.140. The number of aryl methyl sites for hydroxylation is 2. The lowest BCUT2D eigenvalue weighted by atomic mass is 10.1. The fourth-order valence-electron chi connectivity index (χ4n) is 2.34. The highest BCUT2D eigenvalue weighted by Gasteiger charge is 2.39. The molecule has 1 aromatic heterocycles. The van der Waals surface area contributed by atoms with Crippen molar-refractivity contribution < 1.29 is 5.11 Å². The topological polar surface area (TPSA) is 25.2 Å². The number of nitrogens with zero attached hydrogens (tertiary/aromatic N) is 1. The first-order valence-electron chi connectivity index (χ1n) is 5.94. The maximum Gasteiger partial charge on any atom is 0.0653 e. The Labute approximate surface area is 95.5 Å². The molecule has 1 saturated carbocycles. The lowest BCUT2D eigenvalue weighted by Crippen LogP contribution is -2.09. The van der Waals surface area contributed by atoms with Crippen LogP contribution in [-0.4, -0.2) is 15.3 Å². The molecule has 0 aliphatic heterocycles. The van der Waals surface area contributed by atoms with Crippen molar-refractivity contribution in [2.24, 2.45) is 7.05 Å². The minimum Gasteiger partial charge on any atom is -0.390 e. The van der Waals surface area contributed by atoms with Crippen molar-refractivity contribution >= 4 is 10.9 Å². The molecule has 1 aliphatic rings. The molecule has 0 spiro atoms. The van der Waals surface area contributed by atoms with Crippen molar-refractivity contribution in [1.82, 2.24) is 4.57 Å². The molecule has 0 atom stereocenters. The summed E-state index contributed by atoms with van der Waals surface area (Å²) >= 11 is 0. The molecule has 1 N–H and O–H groups in total. The summed E-state index contributed by atoms with van der Waals surface area (Å²) in [6.45, 7) is 0. The summed E-state index contributed by atoms with van der Waals surface area (Å²) in [6.07, 6.45) is 3.84. The zero-order valence-electron chi connectivity index (χ0n) is 9.61. The summed E-state index contributed by atoms with van der Waals surface area (Å²) < 4.78 is 2.24. The predicted molar refractivity (Wildman–Crippen MR) is 65.4 cm³/mol. The molecular formula is C14H17NO. The van der Waals surface area contributed by atoms with Gasteiger partial charge in [-0.15, -0.1) is 0 Å². The first kappa shape index (κ1) is 9.91. The first-order valence-corrected chi connectivity index (χ1v) is 5.94. The van der Waals surface area contributed by atoms with Crippen LogP contribution >= 0.6 is 0 Å². The van der Waals surface area contributed by atoms with Gasteiger partial charge in [0.25, 0.3) is 0 Å². The molecule has 3 rings (SSSR count). The van der Waals surface area contributed by atoms with E-state index in [9.17, 15) is 5.11 Å². The smallest absolute Gasteiger partial charge is 0.0653 e. The Kier molecular flexibility index (Phi) is 2.08. The normalized spacial score (nSPS) is 17.9. The third-order valence-corrected chi connectivity index (χ3v) is 3.72. The molecule has 16 heavy (non-hydrogen) atoms. The molecule has 1 aliphatic carbocycles. The van der Waals surface area contributed by atoms with Gasteiger partial charge in [0, 0.05) is 18.3 Å². The number of para-hydroxylation sites is 1. The van der Waals surface area contributed by atoms with Crippen molar-refractivity contribution in [3.05, 3.63) is 36.0 Å². The maximum absolute atomic E-state index is 9.85. The molecule has 2 nitrogen and oxygen atoms in total. The zero-order valence-corrected chi connectivity index (χ0v) is 9.61. The highest BCUT2D eigenvalue weighted by molar-refractivity contribution is 5.81. The monoisotopic (exact) mass is 215 g/mol. The van der Waals surface area contributed by atoms with Gasteiger partial charge in [-0.1, -0.05) is 18.2 Å². The SMILES string of the molecule is Cn1c(CCC2(O)CC2)cc2ccccc21. The van der Waals surface area contributed by atoms with Crippen LogP contribution in [0.15, 0.2) is 30.3 Å². The maximum atomic E-state index is 9.85. The fraction of sp³-hybridized carbons (Fsp3) is 0.429. The quantitative estimate of drug-likeness (QED) is 0.836. The number of fused-ring (bicyclic) bond motifs is 1. The van der Waals surface area contributed by atoms with Crippen molar-refractivity contribution in [2.45, 2.75) is 31.3 Å². The second kappa shape index (κ2) is 3.36. The van der Waals surface area contributed by atoms with Crippen molar-refractivity contribution in [3.63, 3.8) is 0 Å². The van der Waals surface area contributed by atoms with Crippen LogP contribution in [0.25, 0.3) is 10.9 Å². The van der Waals surface area contributed by atoms with E-state index in [0.717, 1.165) is 25.7 Å².